The SMILES string of the molecule is CC(C)CNC(=O)C(C)Oc1ccc2c(c1)C(=O)CCC2. The molecule has 0 radical (unpaired) electrons. The molecule has 1 aliphatic rings. The number of ether oxygens (including phenoxy) is 1. The molecule has 0 bridgehead atoms. The van der Waals surface area contributed by atoms with E-state index < -0.39 is 6.10 Å². The predicted molar refractivity (Wildman–Crippen MR) is 81.6 cm³/mol. The number of benzene rings is 1. The minimum absolute atomic E-state index is 0.132. The highest BCUT2D eigenvalue weighted by molar-refractivity contribution is 5.98. The summed E-state index contributed by atoms with van der Waals surface area (Å²) in [7, 11) is 0. The van der Waals surface area contributed by atoms with E-state index in [0.29, 0.717) is 24.6 Å². The summed E-state index contributed by atoms with van der Waals surface area (Å²) in [5.74, 6) is 1.02. The van der Waals surface area contributed by atoms with Crippen LogP contribution in [0.4, 0.5) is 0 Å². The first-order valence-electron chi connectivity index (χ1n) is 7.58. The largest absolute Gasteiger partial charge is 0.481 e. The second kappa shape index (κ2) is 6.74. The van der Waals surface area contributed by atoms with Gasteiger partial charge < -0.3 is 10.1 Å². The number of ketones is 1. The molecule has 1 aromatic rings. The number of rotatable bonds is 5. The van der Waals surface area contributed by atoms with Crippen LogP contribution in [0.5, 0.6) is 5.75 Å². The molecule has 1 aromatic carbocycles. The third kappa shape index (κ3) is 4.06. The van der Waals surface area contributed by atoms with Crippen molar-refractivity contribution in [2.24, 2.45) is 5.92 Å². The first-order valence-corrected chi connectivity index (χ1v) is 7.58. The highest BCUT2D eigenvalue weighted by atomic mass is 16.5. The molecule has 1 amide bonds. The molecule has 0 fully saturated rings. The van der Waals surface area contributed by atoms with E-state index in [0.717, 1.165) is 24.0 Å². The standard InChI is InChI=1S/C17H23NO3/c1-11(2)10-18-17(20)12(3)21-14-8-7-13-5-4-6-16(19)15(13)9-14/h7-9,11-12H,4-6,10H2,1-3H3,(H,18,20). The van der Waals surface area contributed by atoms with Gasteiger partial charge in [0.05, 0.1) is 0 Å². The molecule has 0 saturated heterocycles. The molecule has 1 aliphatic carbocycles. The lowest BCUT2D eigenvalue weighted by molar-refractivity contribution is -0.127. The van der Waals surface area contributed by atoms with E-state index in [9.17, 15) is 9.59 Å². The monoisotopic (exact) mass is 289 g/mol. The van der Waals surface area contributed by atoms with Crippen LogP contribution < -0.4 is 10.1 Å². The average molecular weight is 289 g/mol. The number of hydrogen-bond donors (Lipinski definition) is 1. The van der Waals surface area contributed by atoms with Gasteiger partial charge in [0, 0.05) is 18.5 Å². The highest BCUT2D eigenvalue weighted by Crippen LogP contribution is 2.25. The van der Waals surface area contributed by atoms with Crippen LogP contribution in [0.25, 0.3) is 0 Å². The van der Waals surface area contributed by atoms with Crippen LogP contribution >= 0.6 is 0 Å². The molecular weight excluding hydrogens is 266 g/mol. The number of fused-ring (bicyclic) bond motifs is 1. The fourth-order valence-electron chi connectivity index (χ4n) is 2.39. The normalized spacial score (nSPS) is 15.5. The Morgan fingerprint density at radius 2 is 2.05 bits per heavy atom. The number of Topliss-reactive ketones (excluding diaryl/α,β-unsaturated/α-hetero) is 1. The Hall–Kier alpha value is -1.84. The van der Waals surface area contributed by atoms with E-state index in [4.69, 9.17) is 4.74 Å². The van der Waals surface area contributed by atoms with E-state index in [1.54, 1.807) is 13.0 Å². The Balaban J connectivity index is 2.01. The van der Waals surface area contributed by atoms with Crippen molar-refractivity contribution in [3.05, 3.63) is 29.3 Å². The molecule has 21 heavy (non-hydrogen) atoms. The van der Waals surface area contributed by atoms with Crippen molar-refractivity contribution in [3.63, 3.8) is 0 Å². The maximum absolute atomic E-state index is 11.9. The number of aryl methyl sites for hydroxylation is 1. The van der Waals surface area contributed by atoms with Crippen molar-refractivity contribution in [1.29, 1.82) is 0 Å². The Kier molecular flexibility index (Phi) is 4.99. The molecule has 2 rings (SSSR count). The molecule has 1 atom stereocenters. The summed E-state index contributed by atoms with van der Waals surface area (Å²) in [6.45, 7) is 6.44. The van der Waals surface area contributed by atoms with E-state index in [1.165, 1.54) is 0 Å². The first-order chi connectivity index (χ1) is 9.97. The summed E-state index contributed by atoms with van der Waals surface area (Å²) >= 11 is 0. The quantitative estimate of drug-likeness (QED) is 0.906. The third-order valence-corrected chi connectivity index (χ3v) is 3.60. The van der Waals surface area contributed by atoms with Crippen LogP contribution in [0.15, 0.2) is 18.2 Å². The number of carbonyl (C=O) groups excluding carboxylic acids is 2. The third-order valence-electron chi connectivity index (χ3n) is 3.60. The maximum atomic E-state index is 11.9. The van der Waals surface area contributed by atoms with Crippen molar-refractivity contribution in [2.45, 2.75) is 46.1 Å². The van der Waals surface area contributed by atoms with Crippen molar-refractivity contribution in [2.75, 3.05) is 6.54 Å². The van der Waals surface area contributed by atoms with Crippen molar-refractivity contribution in [1.82, 2.24) is 5.32 Å². The average Bonchev–Trinajstić information content (AvgIpc) is 2.45. The summed E-state index contributed by atoms with van der Waals surface area (Å²) < 4.78 is 5.66. The Morgan fingerprint density at radius 1 is 1.29 bits per heavy atom. The van der Waals surface area contributed by atoms with Gasteiger partial charge in [-0.3, -0.25) is 9.59 Å². The van der Waals surface area contributed by atoms with Crippen LogP contribution in [0.3, 0.4) is 0 Å². The Morgan fingerprint density at radius 3 is 2.76 bits per heavy atom. The lowest BCUT2D eigenvalue weighted by Crippen LogP contribution is -2.38. The fourth-order valence-corrected chi connectivity index (χ4v) is 2.39. The molecule has 0 aliphatic heterocycles. The van der Waals surface area contributed by atoms with E-state index in [-0.39, 0.29) is 11.7 Å². The molecule has 4 heteroatoms. The molecular formula is C17H23NO3. The topological polar surface area (TPSA) is 55.4 Å². The molecule has 0 saturated carbocycles. The van der Waals surface area contributed by atoms with Gasteiger partial charge in [-0.2, -0.15) is 0 Å². The Labute approximate surface area is 125 Å². The fraction of sp³-hybridized carbons (Fsp3) is 0.529. The molecule has 0 spiro atoms. The van der Waals surface area contributed by atoms with Gasteiger partial charge in [0.1, 0.15) is 5.75 Å². The minimum Gasteiger partial charge on any atom is -0.481 e. The summed E-state index contributed by atoms with van der Waals surface area (Å²) in [5, 5.41) is 2.84. The molecule has 4 nitrogen and oxygen atoms in total. The van der Waals surface area contributed by atoms with E-state index in [2.05, 4.69) is 5.32 Å². The Bertz CT molecular complexity index is 537. The zero-order valence-corrected chi connectivity index (χ0v) is 12.9. The lowest BCUT2D eigenvalue weighted by Gasteiger charge is -2.19. The maximum Gasteiger partial charge on any atom is 0.260 e. The van der Waals surface area contributed by atoms with Gasteiger partial charge >= 0.3 is 0 Å². The number of carbonyl (C=O) groups is 2. The van der Waals surface area contributed by atoms with Gasteiger partial charge in [-0.05, 0) is 43.4 Å². The molecule has 1 N–H and O–H groups in total. The minimum atomic E-state index is -0.569. The van der Waals surface area contributed by atoms with Gasteiger partial charge in [-0.1, -0.05) is 19.9 Å². The van der Waals surface area contributed by atoms with E-state index >= 15 is 0 Å². The predicted octanol–water partition coefficient (Wildman–Crippen LogP) is 2.75. The second-order valence-electron chi connectivity index (χ2n) is 5.99. The van der Waals surface area contributed by atoms with Crippen LogP contribution in [-0.4, -0.2) is 24.3 Å². The van der Waals surface area contributed by atoms with Crippen LogP contribution in [0.1, 0.15) is 49.5 Å². The van der Waals surface area contributed by atoms with Crippen molar-refractivity contribution < 1.29 is 14.3 Å². The highest BCUT2D eigenvalue weighted by Gasteiger charge is 2.19. The lowest BCUT2D eigenvalue weighted by atomic mass is 9.90. The van der Waals surface area contributed by atoms with Crippen LogP contribution in [0, 0.1) is 5.92 Å². The van der Waals surface area contributed by atoms with Crippen molar-refractivity contribution >= 4 is 11.7 Å². The second-order valence-corrected chi connectivity index (χ2v) is 5.99. The molecule has 114 valence electrons. The smallest absolute Gasteiger partial charge is 0.260 e. The first kappa shape index (κ1) is 15.5. The van der Waals surface area contributed by atoms with Gasteiger partial charge in [0.15, 0.2) is 11.9 Å². The molecule has 0 aromatic heterocycles. The van der Waals surface area contributed by atoms with Gasteiger partial charge in [0.25, 0.3) is 5.91 Å². The van der Waals surface area contributed by atoms with Crippen LogP contribution in [0.2, 0.25) is 0 Å². The van der Waals surface area contributed by atoms with Gasteiger partial charge in [-0.25, -0.2) is 0 Å². The summed E-state index contributed by atoms with van der Waals surface area (Å²) in [5.41, 5.74) is 1.82. The molecule has 0 heterocycles. The number of hydrogen-bond acceptors (Lipinski definition) is 3. The summed E-state index contributed by atoms with van der Waals surface area (Å²) in [4.78, 5) is 23.8. The zero-order chi connectivity index (χ0) is 15.4. The van der Waals surface area contributed by atoms with Gasteiger partial charge in [-0.15, -0.1) is 0 Å². The molecule has 1 unspecified atom stereocenters. The van der Waals surface area contributed by atoms with Crippen molar-refractivity contribution in [3.8, 4) is 5.75 Å². The van der Waals surface area contributed by atoms with Gasteiger partial charge in [0.2, 0.25) is 0 Å². The number of nitrogens with one attached hydrogen (secondary N) is 1. The van der Waals surface area contributed by atoms with E-state index in [1.807, 2.05) is 26.0 Å². The zero-order valence-electron chi connectivity index (χ0n) is 12.9. The summed E-state index contributed by atoms with van der Waals surface area (Å²) in [6, 6.07) is 5.53. The number of amides is 1. The summed E-state index contributed by atoms with van der Waals surface area (Å²) in [6.07, 6.45) is 1.88. The van der Waals surface area contributed by atoms with Crippen LogP contribution in [-0.2, 0) is 11.2 Å².